The highest BCUT2D eigenvalue weighted by atomic mass is 16.7. The number of quaternary nitrogens is 1. The van der Waals surface area contributed by atoms with Gasteiger partial charge >= 0.3 is 17.9 Å². The number of hydrogen-bond donors (Lipinski definition) is 1. The zero-order valence-corrected chi connectivity index (χ0v) is 46.6. The molecule has 0 saturated heterocycles. The van der Waals surface area contributed by atoms with Crippen molar-refractivity contribution in [3.8, 4) is 0 Å². The van der Waals surface area contributed by atoms with Gasteiger partial charge in [-0.1, -0.05) is 215 Å². The van der Waals surface area contributed by atoms with Crippen LogP contribution in [-0.4, -0.2) is 87.4 Å². The van der Waals surface area contributed by atoms with Crippen LogP contribution in [0.1, 0.15) is 245 Å². The second kappa shape index (κ2) is 53.0. The third kappa shape index (κ3) is 54.3. The zero-order chi connectivity index (χ0) is 52.0. The molecule has 0 aromatic rings. The minimum atomic E-state index is -1.52. The summed E-state index contributed by atoms with van der Waals surface area (Å²) in [4.78, 5) is 37.4. The fraction of sp³-hybridized carbons (Fsp3) is 0.758. The lowest BCUT2D eigenvalue weighted by molar-refractivity contribution is -0.870. The summed E-state index contributed by atoms with van der Waals surface area (Å²) < 4.78 is 22.9. The molecule has 0 aliphatic heterocycles. The Bertz CT molecular complexity index is 1390. The molecule has 0 aromatic heterocycles. The first-order chi connectivity index (χ1) is 34.6. The molecule has 0 aliphatic carbocycles. The van der Waals surface area contributed by atoms with E-state index in [2.05, 4.69) is 86.8 Å². The number of unbranched alkanes of at least 4 members (excludes halogenated alkanes) is 26. The van der Waals surface area contributed by atoms with Crippen LogP contribution in [0.4, 0.5) is 0 Å². The third-order valence-corrected chi connectivity index (χ3v) is 12.4. The van der Waals surface area contributed by atoms with Crippen molar-refractivity contribution in [2.24, 2.45) is 0 Å². The molecule has 410 valence electrons. The van der Waals surface area contributed by atoms with E-state index in [-0.39, 0.29) is 38.6 Å². The fourth-order valence-corrected chi connectivity index (χ4v) is 7.91. The van der Waals surface area contributed by atoms with Crippen LogP contribution < -0.4 is 0 Å². The van der Waals surface area contributed by atoms with Gasteiger partial charge in [0.25, 0.3) is 6.29 Å². The Morgan fingerprint density at radius 2 is 0.761 bits per heavy atom. The first-order valence-electron chi connectivity index (χ1n) is 29.1. The molecule has 0 rings (SSSR count). The van der Waals surface area contributed by atoms with Crippen molar-refractivity contribution in [3.05, 3.63) is 72.9 Å². The molecule has 0 heterocycles. The molecule has 0 aliphatic rings. The maximum absolute atomic E-state index is 12.9. The van der Waals surface area contributed by atoms with Crippen LogP contribution in [0.3, 0.4) is 0 Å². The Morgan fingerprint density at radius 3 is 1.13 bits per heavy atom. The molecule has 2 unspecified atom stereocenters. The highest BCUT2D eigenvalue weighted by Gasteiger charge is 2.25. The van der Waals surface area contributed by atoms with Gasteiger partial charge in [-0.25, -0.2) is 4.79 Å². The van der Waals surface area contributed by atoms with E-state index in [1.165, 1.54) is 128 Å². The summed E-state index contributed by atoms with van der Waals surface area (Å²) in [5.74, 6) is -2.03. The summed E-state index contributed by atoms with van der Waals surface area (Å²) in [6.45, 7) is 4.84. The SMILES string of the molecule is CCCCCCC/C=C\C/C=C\C/C=C\CCCCCCCCCCCCC(=O)OC(COC(=O)CCCCCCCC/C=C\C/C=C\C/C=C\CCCCCCC)COC(OCC[N+](C)(C)C)C(=O)O. The standard InChI is InChI=1S/C62H109NO8/c1-6-8-10-12-14-16-18-20-22-24-26-28-29-30-31-33-35-37-39-41-43-45-47-49-51-53-60(65)71-58(57-70-62(61(66)67)68-55-54-63(3,4)5)56-69-59(64)52-50-48-46-44-42-40-38-36-34-32-27-25-23-21-19-17-15-13-11-9-7-2/h18-21,24-27,29-30,34,36,58,62H,6-17,22-23,28,31-33,35,37-57H2,1-5H3/p+1/b20-18-,21-19-,26-24-,27-25-,30-29-,36-34-. The molecule has 9 nitrogen and oxygen atoms in total. The Balaban J connectivity index is 4.30. The van der Waals surface area contributed by atoms with Gasteiger partial charge < -0.3 is 28.5 Å². The van der Waals surface area contributed by atoms with Gasteiger partial charge in [0.2, 0.25) is 0 Å². The maximum atomic E-state index is 12.9. The number of carboxylic acid groups (broad SMARTS) is 1. The normalized spacial score (nSPS) is 13.3. The van der Waals surface area contributed by atoms with Crippen LogP contribution in [0.15, 0.2) is 72.9 Å². The van der Waals surface area contributed by atoms with Gasteiger partial charge in [0.1, 0.15) is 13.2 Å². The van der Waals surface area contributed by atoms with Gasteiger partial charge in [-0.3, -0.25) is 9.59 Å². The van der Waals surface area contributed by atoms with E-state index in [1.807, 2.05) is 21.1 Å². The van der Waals surface area contributed by atoms with E-state index < -0.39 is 24.3 Å². The highest BCUT2D eigenvalue weighted by Crippen LogP contribution is 2.15. The lowest BCUT2D eigenvalue weighted by Gasteiger charge is -2.25. The van der Waals surface area contributed by atoms with Gasteiger partial charge in [0, 0.05) is 12.8 Å². The van der Waals surface area contributed by atoms with E-state index >= 15 is 0 Å². The van der Waals surface area contributed by atoms with Crippen molar-refractivity contribution in [3.63, 3.8) is 0 Å². The number of allylic oxidation sites excluding steroid dienone is 12. The fourth-order valence-electron chi connectivity index (χ4n) is 7.91. The van der Waals surface area contributed by atoms with Crippen LogP contribution in [0.2, 0.25) is 0 Å². The molecule has 0 radical (unpaired) electrons. The van der Waals surface area contributed by atoms with E-state index in [0.29, 0.717) is 17.4 Å². The molecule has 9 heteroatoms. The van der Waals surface area contributed by atoms with Crippen LogP contribution in [0.25, 0.3) is 0 Å². The molecular formula is C62H110NO8+. The molecule has 71 heavy (non-hydrogen) atoms. The van der Waals surface area contributed by atoms with E-state index in [1.54, 1.807) is 0 Å². The average molecular weight is 998 g/mol. The van der Waals surface area contributed by atoms with Crippen LogP contribution in [-0.2, 0) is 33.3 Å². The van der Waals surface area contributed by atoms with E-state index in [9.17, 15) is 19.5 Å². The summed E-state index contributed by atoms with van der Waals surface area (Å²) in [6.07, 6.45) is 65.4. The quantitative estimate of drug-likeness (QED) is 0.0211. The number of esters is 2. The summed E-state index contributed by atoms with van der Waals surface area (Å²) in [7, 11) is 5.96. The lowest BCUT2D eigenvalue weighted by Crippen LogP contribution is -2.40. The Kier molecular flexibility index (Phi) is 50.6. The monoisotopic (exact) mass is 997 g/mol. The number of carboxylic acids is 1. The third-order valence-electron chi connectivity index (χ3n) is 12.4. The lowest BCUT2D eigenvalue weighted by atomic mass is 10.0. The smallest absolute Gasteiger partial charge is 0.361 e. The van der Waals surface area contributed by atoms with Gasteiger partial charge in [-0.2, -0.15) is 0 Å². The van der Waals surface area contributed by atoms with Crippen molar-refractivity contribution in [1.29, 1.82) is 0 Å². The van der Waals surface area contributed by atoms with Crippen molar-refractivity contribution in [2.75, 3.05) is 47.5 Å². The molecule has 0 bridgehead atoms. The van der Waals surface area contributed by atoms with Crippen molar-refractivity contribution >= 4 is 17.9 Å². The number of hydrogen-bond acceptors (Lipinski definition) is 7. The number of likely N-dealkylation sites (N-methyl/N-ethyl adjacent to an activating group) is 1. The summed E-state index contributed by atoms with van der Waals surface area (Å²) >= 11 is 0. The predicted octanol–water partition coefficient (Wildman–Crippen LogP) is 17.0. The van der Waals surface area contributed by atoms with E-state index in [4.69, 9.17) is 18.9 Å². The number of carbonyl (C=O) groups excluding carboxylic acids is 2. The summed E-state index contributed by atoms with van der Waals surface area (Å²) in [5.41, 5.74) is 0. The molecule has 0 fully saturated rings. The minimum absolute atomic E-state index is 0.182. The van der Waals surface area contributed by atoms with Crippen LogP contribution in [0.5, 0.6) is 0 Å². The molecular weight excluding hydrogens is 887 g/mol. The Labute approximate surface area is 437 Å². The number of aliphatic carboxylic acids is 1. The molecule has 0 saturated carbocycles. The van der Waals surface area contributed by atoms with Gasteiger partial charge in [-0.05, 0) is 89.9 Å². The number of carbonyl (C=O) groups is 3. The number of nitrogens with zero attached hydrogens (tertiary/aromatic N) is 1. The molecule has 2 atom stereocenters. The topological polar surface area (TPSA) is 108 Å². The summed E-state index contributed by atoms with van der Waals surface area (Å²) in [5, 5.41) is 9.70. The molecule has 0 aromatic carbocycles. The second-order valence-electron chi connectivity index (χ2n) is 20.6. The predicted molar refractivity (Wildman–Crippen MR) is 299 cm³/mol. The largest absolute Gasteiger partial charge is 0.477 e. The van der Waals surface area contributed by atoms with Crippen molar-refractivity contribution < 1.29 is 42.9 Å². The molecule has 0 spiro atoms. The average Bonchev–Trinajstić information content (AvgIpc) is 3.34. The molecule has 1 N–H and O–H groups in total. The minimum Gasteiger partial charge on any atom is -0.477 e. The van der Waals surface area contributed by atoms with Crippen molar-refractivity contribution in [2.45, 2.75) is 257 Å². The van der Waals surface area contributed by atoms with Gasteiger partial charge in [0.15, 0.2) is 6.10 Å². The zero-order valence-electron chi connectivity index (χ0n) is 46.6. The first-order valence-corrected chi connectivity index (χ1v) is 29.1. The Hall–Kier alpha value is -3.27. The number of rotatable bonds is 53. The number of ether oxygens (including phenoxy) is 4. The maximum Gasteiger partial charge on any atom is 0.361 e. The van der Waals surface area contributed by atoms with Crippen LogP contribution >= 0.6 is 0 Å². The summed E-state index contributed by atoms with van der Waals surface area (Å²) in [6, 6.07) is 0. The van der Waals surface area contributed by atoms with Gasteiger partial charge in [-0.15, -0.1) is 0 Å². The molecule has 0 amide bonds. The van der Waals surface area contributed by atoms with E-state index in [0.717, 1.165) is 83.5 Å². The van der Waals surface area contributed by atoms with Crippen LogP contribution in [0, 0.1) is 0 Å². The Morgan fingerprint density at radius 1 is 0.423 bits per heavy atom. The highest BCUT2D eigenvalue weighted by molar-refractivity contribution is 5.71. The van der Waals surface area contributed by atoms with Gasteiger partial charge in [0.05, 0.1) is 34.4 Å². The second-order valence-corrected chi connectivity index (χ2v) is 20.6. The first kappa shape index (κ1) is 67.7. The van der Waals surface area contributed by atoms with Crippen molar-refractivity contribution in [1.82, 2.24) is 0 Å².